The number of nitrogen functional groups attached to an aromatic ring is 1. The number of amides is 2. The molecule has 0 fully saturated rings. The smallest absolute Gasteiger partial charge is 0.243 e. The molecule has 0 saturated carbocycles. The minimum atomic E-state index is -1.07. The van der Waals surface area contributed by atoms with Crippen LogP contribution in [0.25, 0.3) is 0 Å². The molecule has 0 spiro atoms. The largest absolute Gasteiger partial charge is 0.394 e. The van der Waals surface area contributed by atoms with Crippen molar-refractivity contribution in [2.24, 2.45) is 0 Å². The van der Waals surface area contributed by atoms with Crippen LogP contribution in [-0.4, -0.2) is 59.1 Å². The number of rotatable bonds is 10. The lowest BCUT2D eigenvalue weighted by Gasteiger charge is -2.27. The highest BCUT2D eigenvalue weighted by Gasteiger charge is 2.27. The highest BCUT2D eigenvalue weighted by molar-refractivity contribution is 5.90. The number of carbonyl (C=O) groups is 2. The van der Waals surface area contributed by atoms with Crippen LogP contribution in [0.1, 0.15) is 18.1 Å². The topological polar surface area (TPSA) is 121 Å². The number of aromatic nitrogens is 1. The van der Waals surface area contributed by atoms with Gasteiger partial charge in [0.1, 0.15) is 17.9 Å². The number of likely N-dealkylation sites (N-methyl/N-ethyl adjacent to an activating group) is 1. The van der Waals surface area contributed by atoms with Crippen molar-refractivity contribution in [2.75, 3.05) is 25.9 Å². The summed E-state index contributed by atoms with van der Waals surface area (Å²) in [6.07, 6.45) is 1.44. The molecule has 0 aliphatic heterocycles. The van der Waals surface area contributed by atoms with Gasteiger partial charge in [-0.1, -0.05) is 19.1 Å². The lowest BCUT2D eigenvalue weighted by molar-refractivity contribution is -0.132. The number of aliphatic hydroxyl groups excluding tert-OH is 1. The highest BCUT2D eigenvalue weighted by Crippen LogP contribution is 2.12. The number of benzene rings is 1. The minimum Gasteiger partial charge on any atom is -0.394 e. The van der Waals surface area contributed by atoms with Gasteiger partial charge in [-0.05, 0) is 42.9 Å². The van der Waals surface area contributed by atoms with E-state index >= 15 is 0 Å². The van der Waals surface area contributed by atoms with E-state index < -0.39 is 42.1 Å². The molecular formula is C21H27F2N5O3. The molecule has 1 aromatic heterocycles. The Labute approximate surface area is 179 Å². The average Bonchev–Trinajstić information content (AvgIpc) is 2.75. The summed E-state index contributed by atoms with van der Waals surface area (Å²) in [5, 5.41) is 14.9. The van der Waals surface area contributed by atoms with Gasteiger partial charge in [-0.25, -0.2) is 13.8 Å². The summed E-state index contributed by atoms with van der Waals surface area (Å²) in [7, 11) is 1.67. The highest BCUT2D eigenvalue weighted by atomic mass is 19.2. The third-order valence-electron chi connectivity index (χ3n) is 4.88. The first-order valence-corrected chi connectivity index (χ1v) is 9.78. The number of anilines is 1. The van der Waals surface area contributed by atoms with Gasteiger partial charge in [0.25, 0.3) is 0 Å². The van der Waals surface area contributed by atoms with Gasteiger partial charge in [0.05, 0.1) is 6.61 Å². The van der Waals surface area contributed by atoms with Crippen molar-refractivity contribution in [1.29, 1.82) is 0 Å². The fraction of sp³-hybridized carbons (Fsp3) is 0.381. The van der Waals surface area contributed by atoms with Gasteiger partial charge in [0.15, 0.2) is 11.6 Å². The molecule has 2 rings (SSSR count). The summed E-state index contributed by atoms with van der Waals surface area (Å²) < 4.78 is 26.9. The maximum absolute atomic E-state index is 13.6. The molecule has 8 nitrogen and oxygen atoms in total. The maximum atomic E-state index is 13.6. The van der Waals surface area contributed by atoms with Crippen molar-refractivity contribution < 1.29 is 23.5 Å². The Morgan fingerprint density at radius 3 is 2.45 bits per heavy atom. The van der Waals surface area contributed by atoms with Gasteiger partial charge in [-0.3, -0.25) is 14.5 Å². The molecule has 1 unspecified atom stereocenters. The Bertz CT molecular complexity index is 895. The second-order valence-corrected chi connectivity index (χ2v) is 7.09. The Kier molecular flexibility index (Phi) is 8.83. The third kappa shape index (κ3) is 6.97. The van der Waals surface area contributed by atoms with Crippen LogP contribution in [0, 0.1) is 11.6 Å². The molecule has 2 amide bonds. The van der Waals surface area contributed by atoms with Crippen LogP contribution in [0.2, 0.25) is 0 Å². The molecule has 0 bridgehead atoms. The Morgan fingerprint density at radius 2 is 1.87 bits per heavy atom. The van der Waals surface area contributed by atoms with Crippen LogP contribution in [0.3, 0.4) is 0 Å². The molecule has 0 radical (unpaired) electrons. The van der Waals surface area contributed by atoms with E-state index in [1.165, 1.54) is 12.3 Å². The second kappa shape index (κ2) is 11.3. The quantitative estimate of drug-likeness (QED) is 0.434. The number of halogens is 2. The van der Waals surface area contributed by atoms with Gasteiger partial charge in [-0.15, -0.1) is 0 Å². The zero-order valence-corrected chi connectivity index (χ0v) is 17.4. The van der Waals surface area contributed by atoms with E-state index in [9.17, 15) is 23.5 Å². The lowest BCUT2D eigenvalue weighted by atomic mass is 10.0. The molecule has 2 aromatic rings. The van der Waals surface area contributed by atoms with E-state index in [1.54, 1.807) is 24.1 Å². The number of hydrogen-bond acceptors (Lipinski definition) is 6. The van der Waals surface area contributed by atoms with Crippen LogP contribution >= 0.6 is 0 Å². The number of nitrogens with two attached hydrogens (primary N) is 1. The van der Waals surface area contributed by atoms with E-state index in [4.69, 9.17) is 5.73 Å². The summed E-state index contributed by atoms with van der Waals surface area (Å²) in [6, 6.07) is 4.65. The molecule has 0 aliphatic carbocycles. The number of nitrogens with zero attached hydrogens (tertiary/aromatic N) is 2. The standard InChI is InChI=1S/C21H27F2N5O3/c1-3-28(2)18(12-29)21(31)27-17(9-13-4-6-15(22)16(23)8-13)20(30)26-11-14-5-7-19(24)25-10-14/h4-8,10,17-18,29H,3,9,11-12H2,1-2H3,(H2,24,25)(H,26,30)(H,27,31)/t17-,18?/m0/s1. The van der Waals surface area contributed by atoms with Gasteiger partial charge in [0, 0.05) is 19.2 Å². The molecular weight excluding hydrogens is 408 g/mol. The number of hydrogen-bond donors (Lipinski definition) is 4. The fourth-order valence-corrected chi connectivity index (χ4v) is 2.88. The number of aliphatic hydroxyl groups is 1. The van der Waals surface area contributed by atoms with Crippen molar-refractivity contribution in [1.82, 2.24) is 20.5 Å². The van der Waals surface area contributed by atoms with E-state index in [0.717, 1.165) is 12.1 Å². The molecule has 2 atom stereocenters. The summed E-state index contributed by atoms with van der Waals surface area (Å²) in [4.78, 5) is 31.0. The number of carbonyl (C=O) groups excluding carboxylic acids is 2. The summed E-state index contributed by atoms with van der Waals surface area (Å²) in [5.74, 6) is -2.78. The van der Waals surface area contributed by atoms with E-state index in [1.807, 2.05) is 6.92 Å². The summed E-state index contributed by atoms with van der Waals surface area (Å²) in [6.45, 7) is 2.02. The van der Waals surface area contributed by atoms with E-state index in [2.05, 4.69) is 15.6 Å². The molecule has 1 aromatic carbocycles. The monoisotopic (exact) mass is 435 g/mol. The van der Waals surface area contributed by atoms with Crippen LogP contribution in [0.4, 0.5) is 14.6 Å². The second-order valence-electron chi connectivity index (χ2n) is 7.09. The first-order valence-electron chi connectivity index (χ1n) is 9.78. The Morgan fingerprint density at radius 1 is 1.16 bits per heavy atom. The first kappa shape index (κ1) is 24.2. The first-order chi connectivity index (χ1) is 14.7. The molecule has 5 N–H and O–H groups in total. The molecule has 0 saturated heterocycles. The van der Waals surface area contributed by atoms with Crippen molar-refractivity contribution in [2.45, 2.75) is 32.0 Å². The number of pyridine rings is 1. The van der Waals surface area contributed by atoms with E-state index in [0.29, 0.717) is 23.5 Å². The van der Waals surface area contributed by atoms with Gasteiger partial charge in [-0.2, -0.15) is 0 Å². The number of nitrogens with one attached hydrogen (secondary N) is 2. The Hall–Kier alpha value is -3.11. The molecule has 1 heterocycles. The predicted molar refractivity (Wildman–Crippen MR) is 112 cm³/mol. The normalized spacial score (nSPS) is 13.0. The van der Waals surface area contributed by atoms with Crippen molar-refractivity contribution in [3.8, 4) is 0 Å². The van der Waals surface area contributed by atoms with Crippen LogP contribution in [0.15, 0.2) is 36.5 Å². The van der Waals surface area contributed by atoms with Crippen LogP contribution in [-0.2, 0) is 22.6 Å². The summed E-state index contributed by atoms with van der Waals surface area (Å²) >= 11 is 0. The van der Waals surface area contributed by atoms with Crippen LogP contribution < -0.4 is 16.4 Å². The SMILES string of the molecule is CCN(C)C(CO)C(=O)N[C@@H](Cc1ccc(F)c(F)c1)C(=O)NCc1ccc(N)nc1. The molecule has 168 valence electrons. The molecule has 0 aliphatic rings. The van der Waals surface area contributed by atoms with Gasteiger partial charge < -0.3 is 21.5 Å². The van der Waals surface area contributed by atoms with Crippen LogP contribution in [0.5, 0.6) is 0 Å². The molecule has 10 heteroatoms. The van der Waals surface area contributed by atoms with Gasteiger partial charge >= 0.3 is 0 Å². The average molecular weight is 435 g/mol. The van der Waals surface area contributed by atoms with Crippen molar-refractivity contribution >= 4 is 17.6 Å². The Balaban J connectivity index is 2.16. The zero-order chi connectivity index (χ0) is 23.0. The predicted octanol–water partition coefficient (Wildman–Crippen LogP) is 0.598. The summed E-state index contributed by atoms with van der Waals surface area (Å²) in [5.41, 5.74) is 6.57. The molecule has 31 heavy (non-hydrogen) atoms. The van der Waals surface area contributed by atoms with Crippen molar-refractivity contribution in [3.05, 3.63) is 59.3 Å². The fourth-order valence-electron chi connectivity index (χ4n) is 2.88. The van der Waals surface area contributed by atoms with Gasteiger partial charge in [0.2, 0.25) is 11.8 Å². The minimum absolute atomic E-state index is 0.0667. The van der Waals surface area contributed by atoms with Crippen molar-refractivity contribution in [3.63, 3.8) is 0 Å². The third-order valence-corrected chi connectivity index (χ3v) is 4.88. The van der Waals surface area contributed by atoms with E-state index in [-0.39, 0.29) is 13.0 Å². The zero-order valence-electron chi connectivity index (χ0n) is 17.4. The lowest BCUT2D eigenvalue weighted by Crippen LogP contribution is -2.54. The maximum Gasteiger partial charge on any atom is 0.243 e.